The molecule has 3 N–H and O–H groups in total. The fraction of sp³-hybridized carbons (Fsp3) is 0.538. The number of nitrogen functional groups attached to an aromatic ring is 1. The monoisotopic (exact) mass is 265 g/mol. The topological polar surface area (TPSA) is 90.4 Å². The molecule has 0 spiro atoms. The molecule has 2 rings (SSSR count). The number of carbonyl (C=O) groups excluding carboxylic acids is 1. The van der Waals surface area contributed by atoms with Crippen molar-refractivity contribution in [3.05, 3.63) is 29.7 Å². The molecule has 2 atom stereocenters. The third kappa shape index (κ3) is 3.65. The van der Waals surface area contributed by atoms with E-state index in [0.29, 0.717) is 30.8 Å². The summed E-state index contributed by atoms with van der Waals surface area (Å²) in [6.45, 7) is 3.23. The average molecular weight is 265 g/mol. The Bertz CT molecular complexity index is 456. The first-order valence-corrected chi connectivity index (χ1v) is 6.40. The lowest BCUT2D eigenvalue weighted by molar-refractivity contribution is 0.0553. The number of carbonyl (C=O) groups is 1. The molecule has 0 aromatic carbocycles. The lowest BCUT2D eigenvalue weighted by Gasteiger charge is -2.24. The lowest BCUT2D eigenvalue weighted by atomic mass is 9.85. The average Bonchev–Trinajstić information content (AvgIpc) is 2.89. The Hall–Kier alpha value is -1.66. The van der Waals surface area contributed by atoms with Crippen molar-refractivity contribution in [3.63, 3.8) is 0 Å². The van der Waals surface area contributed by atoms with E-state index in [2.05, 4.69) is 24.2 Å². The van der Waals surface area contributed by atoms with Crippen LogP contribution in [0.3, 0.4) is 0 Å². The van der Waals surface area contributed by atoms with Gasteiger partial charge in [-0.15, -0.1) is 0 Å². The second-order valence-electron chi connectivity index (χ2n) is 4.85. The summed E-state index contributed by atoms with van der Waals surface area (Å²) in [5.74, 6) is 6.24. The highest BCUT2D eigenvalue weighted by Gasteiger charge is 2.18. The van der Waals surface area contributed by atoms with Crippen molar-refractivity contribution in [3.8, 4) is 0 Å². The molecule has 1 aliphatic carbocycles. The van der Waals surface area contributed by atoms with Crippen LogP contribution < -0.4 is 11.3 Å². The summed E-state index contributed by atoms with van der Waals surface area (Å²) < 4.78 is 10.6. The Labute approximate surface area is 111 Å². The van der Waals surface area contributed by atoms with Crippen LogP contribution in [0.2, 0.25) is 0 Å². The number of rotatable bonds is 5. The van der Waals surface area contributed by atoms with Gasteiger partial charge in [-0.1, -0.05) is 24.2 Å². The van der Waals surface area contributed by atoms with Crippen LogP contribution >= 0.6 is 0 Å². The van der Waals surface area contributed by atoms with Crippen LogP contribution in [0, 0.1) is 11.8 Å². The lowest BCUT2D eigenvalue weighted by Crippen LogP contribution is -2.30. The first-order valence-electron chi connectivity index (χ1n) is 6.40. The molecule has 2 unspecified atom stereocenters. The van der Waals surface area contributed by atoms with Crippen LogP contribution in [0.15, 0.2) is 22.7 Å². The number of nitrogens with zero attached hydrogens (tertiary/aromatic N) is 1. The molecule has 6 nitrogen and oxygen atoms in total. The van der Waals surface area contributed by atoms with Crippen LogP contribution in [0.4, 0.5) is 0 Å². The molecule has 0 aliphatic heterocycles. The van der Waals surface area contributed by atoms with Crippen molar-refractivity contribution >= 4 is 5.91 Å². The number of hydrogen-bond donors (Lipinski definition) is 2. The molecule has 1 aliphatic rings. The van der Waals surface area contributed by atoms with Crippen molar-refractivity contribution < 1.29 is 14.1 Å². The normalized spacial score (nSPS) is 22.4. The van der Waals surface area contributed by atoms with Gasteiger partial charge in [-0.3, -0.25) is 10.2 Å². The number of hydrazine groups is 1. The van der Waals surface area contributed by atoms with Crippen molar-refractivity contribution in [2.45, 2.75) is 26.4 Å². The van der Waals surface area contributed by atoms with E-state index in [-0.39, 0.29) is 5.69 Å². The summed E-state index contributed by atoms with van der Waals surface area (Å²) in [7, 11) is 0. The zero-order chi connectivity index (χ0) is 13.7. The molecule has 0 radical (unpaired) electrons. The van der Waals surface area contributed by atoms with Gasteiger partial charge in [0.05, 0.1) is 6.61 Å². The van der Waals surface area contributed by atoms with Gasteiger partial charge >= 0.3 is 0 Å². The summed E-state index contributed by atoms with van der Waals surface area (Å²) in [5.41, 5.74) is 2.16. The summed E-state index contributed by atoms with van der Waals surface area (Å²) in [5, 5.41) is 3.61. The molecular weight excluding hydrogens is 246 g/mol. The quantitative estimate of drug-likeness (QED) is 0.363. The van der Waals surface area contributed by atoms with Gasteiger partial charge in [-0.2, -0.15) is 0 Å². The molecule has 1 amide bonds. The first kappa shape index (κ1) is 13.8. The van der Waals surface area contributed by atoms with E-state index < -0.39 is 5.91 Å². The number of amides is 1. The van der Waals surface area contributed by atoms with Gasteiger partial charge in [0, 0.05) is 6.07 Å². The zero-order valence-corrected chi connectivity index (χ0v) is 11.0. The number of nitrogens with two attached hydrogens (primary N) is 1. The standard InChI is InChI=1S/C13H19N3O3/c1-9-4-2-3-5-10(9)7-18-8-11-6-12(16-19-11)13(17)15-14/h2-3,6,9-10H,4-5,7-8,14H2,1H3,(H,15,17). The number of nitrogens with one attached hydrogen (secondary N) is 1. The molecule has 0 saturated heterocycles. The van der Waals surface area contributed by atoms with Crippen molar-refractivity contribution in [2.24, 2.45) is 17.7 Å². The maximum atomic E-state index is 11.2. The summed E-state index contributed by atoms with van der Waals surface area (Å²) in [6, 6.07) is 1.53. The van der Waals surface area contributed by atoms with Crippen LogP contribution in [0.5, 0.6) is 0 Å². The van der Waals surface area contributed by atoms with E-state index >= 15 is 0 Å². The van der Waals surface area contributed by atoms with Gasteiger partial charge in [-0.25, -0.2) is 5.84 Å². The minimum absolute atomic E-state index is 0.162. The minimum Gasteiger partial charge on any atom is -0.373 e. The molecule has 6 heteroatoms. The molecule has 1 aromatic heterocycles. The summed E-state index contributed by atoms with van der Waals surface area (Å²) >= 11 is 0. The highest BCUT2D eigenvalue weighted by atomic mass is 16.5. The van der Waals surface area contributed by atoms with Gasteiger partial charge in [-0.05, 0) is 24.7 Å². The van der Waals surface area contributed by atoms with Crippen molar-refractivity contribution in [2.75, 3.05) is 6.61 Å². The predicted octanol–water partition coefficient (Wildman–Crippen LogP) is 1.40. The Morgan fingerprint density at radius 3 is 3.11 bits per heavy atom. The summed E-state index contributed by atoms with van der Waals surface area (Å²) in [4.78, 5) is 11.2. The molecule has 19 heavy (non-hydrogen) atoms. The SMILES string of the molecule is CC1CC=CCC1COCc1cc(C(=O)NN)no1. The minimum atomic E-state index is -0.471. The van der Waals surface area contributed by atoms with E-state index in [0.717, 1.165) is 12.8 Å². The van der Waals surface area contributed by atoms with Gasteiger partial charge < -0.3 is 9.26 Å². The molecule has 104 valence electrons. The fourth-order valence-electron chi connectivity index (χ4n) is 2.11. The summed E-state index contributed by atoms with van der Waals surface area (Å²) in [6.07, 6.45) is 6.58. The van der Waals surface area contributed by atoms with E-state index in [1.54, 1.807) is 0 Å². The molecule has 1 aromatic rings. The second-order valence-corrected chi connectivity index (χ2v) is 4.85. The zero-order valence-electron chi connectivity index (χ0n) is 11.0. The molecule has 1 heterocycles. The molecular formula is C13H19N3O3. The van der Waals surface area contributed by atoms with Crippen LogP contribution in [0.1, 0.15) is 36.0 Å². The van der Waals surface area contributed by atoms with E-state index in [9.17, 15) is 4.79 Å². The largest absolute Gasteiger partial charge is 0.373 e. The van der Waals surface area contributed by atoms with Crippen LogP contribution in [0.25, 0.3) is 0 Å². The Morgan fingerprint density at radius 1 is 1.58 bits per heavy atom. The fourth-order valence-corrected chi connectivity index (χ4v) is 2.11. The molecule has 0 fully saturated rings. The number of aromatic nitrogens is 1. The van der Waals surface area contributed by atoms with E-state index in [1.807, 2.05) is 5.43 Å². The van der Waals surface area contributed by atoms with E-state index in [4.69, 9.17) is 15.1 Å². The van der Waals surface area contributed by atoms with Gasteiger partial charge in [0.2, 0.25) is 0 Å². The Balaban J connectivity index is 1.78. The smallest absolute Gasteiger partial charge is 0.287 e. The highest BCUT2D eigenvalue weighted by molar-refractivity contribution is 5.91. The number of allylic oxidation sites excluding steroid dienone is 2. The van der Waals surface area contributed by atoms with Gasteiger partial charge in [0.15, 0.2) is 11.5 Å². The predicted molar refractivity (Wildman–Crippen MR) is 68.8 cm³/mol. The van der Waals surface area contributed by atoms with Gasteiger partial charge in [0.25, 0.3) is 5.91 Å². The van der Waals surface area contributed by atoms with Gasteiger partial charge in [0.1, 0.15) is 6.61 Å². The maximum Gasteiger partial charge on any atom is 0.287 e. The first-order chi connectivity index (χ1) is 9.20. The maximum absolute atomic E-state index is 11.2. The van der Waals surface area contributed by atoms with Crippen molar-refractivity contribution in [1.82, 2.24) is 10.6 Å². The third-order valence-electron chi connectivity index (χ3n) is 3.42. The Morgan fingerprint density at radius 2 is 2.37 bits per heavy atom. The number of ether oxygens (including phenoxy) is 1. The third-order valence-corrected chi connectivity index (χ3v) is 3.42. The molecule has 0 bridgehead atoms. The van der Waals surface area contributed by atoms with Crippen LogP contribution in [-0.2, 0) is 11.3 Å². The second kappa shape index (κ2) is 6.49. The van der Waals surface area contributed by atoms with E-state index in [1.165, 1.54) is 6.07 Å². The highest BCUT2D eigenvalue weighted by Crippen LogP contribution is 2.25. The molecule has 0 saturated carbocycles. The van der Waals surface area contributed by atoms with Crippen molar-refractivity contribution in [1.29, 1.82) is 0 Å². The Kier molecular flexibility index (Phi) is 4.70. The van der Waals surface area contributed by atoms with Crippen LogP contribution in [-0.4, -0.2) is 17.7 Å². The number of hydrogen-bond acceptors (Lipinski definition) is 5.